The van der Waals surface area contributed by atoms with Crippen molar-refractivity contribution in [2.45, 2.75) is 32.6 Å². The fourth-order valence-electron chi connectivity index (χ4n) is 2.73. The predicted molar refractivity (Wildman–Crippen MR) is 79.4 cm³/mol. The summed E-state index contributed by atoms with van der Waals surface area (Å²) in [5.41, 5.74) is 0.630. The molecule has 0 unspecified atom stereocenters. The monoisotopic (exact) mass is 288 g/mol. The molecule has 1 aromatic carbocycles. The van der Waals surface area contributed by atoms with Crippen LogP contribution in [0.3, 0.4) is 0 Å². The van der Waals surface area contributed by atoms with E-state index in [0.29, 0.717) is 30.0 Å². The molecule has 0 saturated heterocycles. The molecular weight excluding hydrogens is 268 g/mol. The lowest BCUT2D eigenvalue weighted by Crippen LogP contribution is -2.32. The van der Waals surface area contributed by atoms with Gasteiger partial charge in [0.25, 0.3) is 0 Å². The molecule has 0 heterocycles. The van der Waals surface area contributed by atoms with Crippen LogP contribution in [-0.4, -0.2) is 20.1 Å². The molecule has 112 valence electrons. The molecule has 1 aliphatic rings. The minimum Gasteiger partial charge on any atom is -0.493 e. The molecule has 5 heteroatoms. The summed E-state index contributed by atoms with van der Waals surface area (Å²) in [6.07, 6.45) is 3.10. The van der Waals surface area contributed by atoms with Crippen molar-refractivity contribution in [3.8, 4) is 17.6 Å². The minimum absolute atomic E-state index is 0.224. The molecule has 0 radical (unpaired) electrons. The van der Waals surface area contributed by atoms with Gasteiger partial charge in [-0.3, -0.25) is 4.79 Å². The summed E-state index contributed by atoms with van der Waals surface area (Å²) >= 11 is 0. The summed E-state index contributed by atoms with van der Waals surface area (Å²) in [6.45, 7) is 1.88. The zero-order valence-electron chi connectivity index (χ0n) is 12.7. The minimum atomic E-state index is -0.889. The average molecular weight is 288 g/mol. The van der Waals surface area contributed by atoms with Gasteiger partial charge in [-0.15, -0.1) is 0 Å². The van der Waals surface area contributed by atoms with E-state index in [9.17, 15) is 10.1 Å². The lowest BCUT2D eigenvalue weighted by Gasteiger charge is -2.21. The molecule has 1 aromatic rings. The number of ether oxygens (including phenoxy) is 2. The number of carbonyl (C=O) groups excluding carboxylic acids is 1. The number of hydrogen-bond acceptors (Lipinski definition) is 4. The van der Waals surface area contributed by atoms with Crippen LogP contribution >= 0.6 is 0 Å². The van der Waals surface area contributed by atoms with Gasteiger partial charge in [-0.05, 0) is 31.4 Å². The van der Waals surface area contributed by atoms with Crippen LogP contribution in [0.2, 0.25) is 0 Å². The number of amides is 1. The van der Waals surface area contributed by atoms with Crippen molar-refractivity contribution in [3.05, 3.63) is 17.7 Å². The average Bonchev–Trinajstić information content (AvgIpc) is 2.99. The van der Waals surface area contributed by atoms with Crippen molar-refractivity contribution in [2.75, 3.05) is 19.5 Å². The molecule has 1 aliphatic carbocycles. The second kappa shape index (κ2) is 6.04. The van der Waals surface area contributed by atoms with Crippen LogP contribution in [0.1, 0.15) is 31.2 Å². The van der Waals surface area contributed by atoms with Gasteiger partial charge in [0.15, 0.2) is 11.5 Å². The number of hydrogen-bond donors (Lipinski definition) is 1. The Hall–Kier alpha value is -2.22. The van der Waals surface area contributed by atoms with Gasteiger partial charge in [-0.2, -0.15) is 5.26 Å². The third-order valence-electron chi connectivity index (χ3n) is 4.08. The van der Waals surface area contributed by atoms with Crippen LogP contribution in [-0.2, 0) is 4.79 Å². The number of carbonyl (C=O) groups is 1. The highest BCUT2D eigenvalue weighted by Gasteiger charge is 2.41. The Morgan fingerprint density at radius 2 is 1.81 bits per heavy atom. The van der Waals surface area contributed by atoms with Gasteiger partial charge in [-0.25, -0.2) is 0 Å². The van der Waals surface area contributed by atoms with Gasteiger partial charge in [0, 0.05) is 11.8 Å². The predicted octanol–water partition coefficient (Wildman–Crippen LogP) is 3.03. The molecule has 21 heavy (non-hydrogen) atoms. The molecule has 0 aromatic heterocycles. The van der Waals surface area contributed by atoms with Crippen LogP contribution < -0.4 is 14.8 Å². The van der Waals surface area contributed by atoms with Gasteiger partial charge in [0.2, 0.25) is 5.91 Å². The summed E-state index contributed by atoms with van der Waals surface area (Å²) in [5.74, 6) is 0.942. The highest BCUT2D eigenvalue weighted by Crippen LogP contribution is 2.39. The molecular formula is C16H20N2O3. The van der Waals surface area contributed by atoms with E-state index >= 15 is 0 Å². The number of aryl methyl sites for hydroxylation is 1. The standard InChI is InChI=1S/C16H20N2O3/c1-11-8-13(20-2)14(21-3)9-12(11)18-15(19)16(10-17)6-4-5-7-16/h8-9H,4-7H2,1-3H3,(H,18,19). The third kappa shape index (κ3) is 2.80. The first-order chi connectivity index (χ1) is 10.1. The first-order valence-electron chi connectivity index (χ1n) is 7.01. The summed E-state index contributed by atoms with van der Waals surface area (Å²) in [6, 6.07) is 5.74. The number of benzene rings is 1. The molecule has 1 amide bonds. The van der Waals surface area contributed by atoms with Crippen LogP contribution in [0, 0.1) is 23.7 Å². The quantitative estimate of drug-likeness (QED) is 0.924. The maximum absolute atomic E-state index is 12.5. The fraction of sp³-hybridized carbons (Fsp3) is 0.500. The van der Waals surface area contributed by atoms with E-state index in [-0.39, 0.29) is 5.91 Å². The van der Waals surface area contributed by atoms with Crippen LogP contribution in [0.15, 0.2) is 12.1 Å². The topological polar surface area (TPSA) is 71.3 Å². The van der Waals surface area contributed by atoms with E-state index in [4.69, 9.17) is 9.47 Å². The number of anilines is 1. The molecule has 1 fully saturated rings. The Morgan fingerprint density at radius 3 is 2.33 bits per heavy atom. The number of nitrogens with zero attached hydrogens (tertiary/aromatic N) is 1. The Balaban J connectivity index is 2.27. The van der Waals surface area contributed by atoms with E-state index in [0.717, 1.165) is 18.4 Å². The molecule has 2 rings (SSSR count). The van der Waals surface area contributed by atoms with Crippen molar-refractivity contribution < 1.29 is 14.3 Å². The number of rotatable bonds is 4. The molecule has 5 nitrogen and oxygen atoms in total. The zero-order valence-corrected chi connectivity index (χ0v) is 12.7. The molecule has 0 spiro atoms. The second-order valence-corrected chi connectivity index (χ2v) is 5.38. The second-order valence-electron chi connectivity index (χ2n) is 5.38. The van der Waals surface area contributed by atoms with E-state index < -0.39 is 5.41 Å². The summed E-state index contributed by atoms with van der Waals surface area (Å²) in [5, 5.41) is 12.2. The Labute approximate surface area is 124 Å². The van der Waals surface area contributed by atoms with E-state index in [1.807, 2.05) is 13.0 Å². The van der Waals surface area contributed by atoms with Crippen molar-refractivity contribution in [2.24, 2.45) is 5.41 Å². The molecule has 0 bridgehead atoms. The lowest BCUT2D eigenvalue weighted by atomic mass is 9.87. The molecule has 0 atom stereocenters. The Morgan fingerprint density at radius 1 is 1.24 bits per heavy atom. The van der Waals surface area contributed by atoms with E-state index in [1.165, 1.54) is 0 Å². The van der Waals surface area contributed by atoms with Gasteiger partial charge < -0.3 is 14.8 Å². The van der Waals surface area contributed by atoms with Gasteiger partial charge in [-0.1, -0.05) is 12.8 Å². The molecule has 1 N–H and O–H groups in total. The fourth-order valence-corrected chi connectivity index (χ4v) is 2.73. The number of methoxy groups -OCH3 is 2. The highest BCUT2D eigenvalue weighted by molar-refractivity contribution is 5.98. The zero-order chi connectivity index (χ0) is 15.5. The van der Waals surface area contributed by atoms with E-state index in [2.05, 4.69) is 11.4 Å². The maximum Gasteiger partial charge on any atom is 0.244 e. The number of nitriles is 1. The van der Waals surface area contributed by atoms with Crippen molar-refractivity contribution in [1.29, 1.82) is 5.26 Å². The largest absolute Gasteiger partial charge is 0.493 e. The lowest BCUT2D eigenvalue weighted by molar-refractivity contribution is -0.122. The summed E-state index contributed by atoms with van der Waals surface area (Å²) in [4.78, 5) is 12.5. The van der Waals surface area contributed by atoms with Crippen molar-refractivity contribution in [1.82, 2.24) is 0 Å². The van der Waals surface area contributed by atoms with Crippen molar-refractivity contribution in [3.63, 3.8) is 0 Å². The smallest absolute Gasteiger partial charge is 0.244 e. The number of nitrogens with one attached hydrogen (secondary N) is 1. The Bertz CT molecular complexity index is 584. The highest BCUT2D eigenvalue weighted by atomic mass is 16.5. The summed E-state index contributed by atoms with van der Waals surface area (Å²) < 4.78 is 10.5. The van der Waals surface area contributed by atoms with Crippen molar-refractivity contribution >= 4 is 11.6 Å². The SMILES string of the molecule is COc1cc(C)c(NC(=O)C2(C#N)CCCC2)cc1OC. The Kier molecular flexibility index (Phi) is 4.37. The van der Waals surface area contributed by atoms with Crippen LogP contribution in [0.25, 0.3) is 0 Å². The van der Waals surface area contributed by atoms with Gasteiger partial charge in [0.1, 0.15) is 5.41 Å². The summed E-state index contributed by atoms with van der Waals surface area (Å²) in [7, 11) is 3.12. The van der Waals surface area contributed by atoms with Crippen LogP contribution in [0.4, 0.5) is 5.69 Å². The molecule has 0 aliphatic heterocycles. The van der Waals surface area contributed by atoms with Crippen LogP contribution in [0.5, 0.6) is 11.5 Å². The first-order valence-corrected chi connectivity index (χ1v) is 7.01. The molecule has 1 saturated carbocycles. The normalized spacial score (nSPS) is 16.1. The first kappa shape index (κ1) is 15.2. The van der Waals surface area contributed by atoms with E-state index in [1.54, 1.807) is 20.3 Å². The third-order valence-corrected chi connectivity index (χ3v) is 4.08. The van der Waals surface area contributed by atoms with Gasteiger partial charge in [0.05, 0.1) is 20.3 Å². The maximum atomic E-state index is 12.5. The van der Waals surface area contributed by atoms with Gasteiger partial charge >= 0.3 is 0 Å².